The van der Waals surface area contributed by atoms with Gasteiger partial charge in [-0.3, -0.25) is 19.6 Å². The van der Waals surface area contributed by atoms with Gasteiger partial charge >= 0.3 is 0 Å². The smallest absolute Gasteiger partial charge is 0.223 e. The second-order valence-electron chi connectivity index (χ2n) is 9.67. The van der Waals surface area contributed by atoms with E-state index in [0.29, 0.717) is 26.2 Å². The maximum absolute atomic E-state index is 12.6. The Hall–Kier alpha value is -3.30. The monoisotopic (exact) mass is 581 g/mol. The zero-order valence-electron chi connectivity index (χ0n) is 22.9. The van der Waals surface area contributed by atoms with Gasteiger partial charge in [0, 0.05) is 74.2 Å². The van der Waals surface area contributed by atoms with Crippen molar-refractivity contribution in [2.24, 2.45) is 4.99 Å². The second kappa shape index (κ2) is 14.9. The fourth-order valence-corrected chi connectivity index (χ4v) is 5.72. The Kier molecular flexibility index (Phi) is 11.1. The van der Waals surface area contributed by atoms with Crippen LogP contribution in [0.1, 0.15) is 18.5 Å². The standard InChI is InChI=1S/C30H36ClN5O3S/c1-22-19-28(24-7-3-5-9-26(24)34-22)39-20-23(32-2)21-40-18-13-33-29(37)11-12-30(38)36-16-14-35(15-17-36)27-10-6-4-8-25(27)31/h3-10,19,23H,2,11-18,20-21H2,1H3,(H,33,37). The highest BCUT2D eigenvalue weighted by Gasteiger charge is 2.22. The summed E-state index contributed by atoms with van der Waals surface area (Å²) in [4.78, 5) is 37.7. The van der Waals surface area contributed by atoms with Gasteiger partial charge in [-0.2, -0.15) is 11.8 Å². The predicted molar refractivity (Wildman–Crippen MR) is 165 cm³/mol. The molecule has 4 rings (SSSR count). The molecule has 1 aromatic heterocycles. The van der Waals surface area contributed by atoms with E-state index in [1.807, 2.05) is 66.4 Å². The number of carbonyl (C=O) groups excluding carboxylic acids is 2. The molecule has 0 bridgehead atoms. The predicted octanol–water partition coefficient (Wildman–Crippen LogP) is 4.62. The number of benzene rings is 2. The SMILES string of the molecule is C=NC(COc1cc(C)nc2ccccc12)CSCCNC(=O)CCC(=O)N1CCN(c2ccccc2Cl)CC1. The van der Waals surface area contributed by atoms with E-state index in [0.717, 1.165) is 57.7 Å². The lowest BCUT2D eigenvalue weighted by atomic mass is 10.2. The molecule has 8 nitrogen and oxygen atoms in total. The highest BCUT2D eigenvalue weighted by Crippen LogP contribution is 2.27. The summed E-state index contributed by atoms with van der Waals surface area (Å²) in [7, 11) is 0. The van der Waals surface area contributed by atoms with Gasteiger partial charge in [0.1, 0.15) is 12.4 Å². The molecule has 2 heterocycles. The van der Waals surface area contributed by atoms with Crippen molar-refractivity contribution in [1.29, 1.82) is 0 Å². The van der Waals surface area contributed by atoms with Crippen LogP contribution >= 0.6 is 23.4 Å². The summed E-state index contributed by atoms with van der Waals surface area (Å²) in [6.07, 6.45) is 0.409. The number of para-hydroxylation sites is 2. The van der Waals surface area contributed by atoms with E-state index in [4.69, 9.17) is 16.3 Å². The van der Waals surface area contributed by atoms with Crippen molar-refractivity contribution in [2.75, 3.05) is 55.7 Å². The summed E-state index contributed by atoms with van der Waals surface area (Å²) in [6.45, 7) is 9.32. The van der Waals surface area contributed by atoms with Gasteiger partial charge in [-0.25, -0.2) is 0 Å². The summed E-state index contributed by atoms with van der Waals surface area (Å²) >= 11 is 7.99. The lowest BCUT2D eigenvalue weighted by molar-refractivity contribution is -0.133. The van der Waals surface area contributed by atoms with Crippen LogP contribution in [0, 0.1) is 6.92 Å². The zero-order chi connectivity index (χ0) is 28.3. The Morgan fingerprint density at radius 1 is 1.12 bits per heavy atom. The first-order valence-electron chi connectivity index (χ1n) is 13.5. The Morgan fingerprint density at radius 2 is 1.88 bits per heavy atom. The van der Waals surface area contributed by atoms with Gasteiger partial charge < -0.3 is 19.9 Å². The summed E-state index contributed by atoms with van der Waals surface area (Å²) in [5.74, 6) is 2.18. The number of nitrogens with zero attached hydrogens (tertiary/aromatic N) is 4. The summed E-state index contributed by atoms with van der Waals surface area (Å²) in [5, 5.41) is 4.61. The second-order valence-corrected chi connectivity index (χ2v) is 11.2. The maximum Gasteiger partial charge on any atom is 0.223 e. The highest BCUT2D eigenvalue weighted by atomic mass is 35.5. The molecule has 2 amide bonds. The molecule has 1 fully saturated rings. The van der Waals surface area contributed by atoms with Crippen molar-refractivity contribution in [3.05, 3.63) is 65.3 Å². The number of nitrogens with one attached hydrogen (secondary N) is 1. The Balaban J connectivity index is 1.09. The Morgan fingerprint density at radius 3 is 2.65 bits per heavy atom. The number of piperazine rings is 1. The molecule has 1 atom stereocenters. The van der Waals surface area contributed by atoms with Gasteiger partial charge in [0.05, 0.1) is 22.3 Å². The fraction of sp³-hybridized carbons (Fsp3) is 0.400. The van der Waals surface area contributed by atoms with Crippen molar-refractivity contribution in [3.63, 3.8) is 0 Å². The van der Waals surface area contributed by atoms with E-state index in [9.17, 15) is 9.59 Å². The number of pyridine rings is 1. The molecule has 10 heteroatoms. The van der Waals surface area contributed by atoms with Crippen LogP contribution in [-0.2, 0) is 9.59 Å². The first-order chi connectivity index (χ1) is 19.4. The number of thioether (sulfide) groups is 1. The van der Waals surface area contributed by atoms with Crippen LogP contribution in [0.3, 0.4) is 0 Å². The summed E-state index contributed by atoms with van der Waals surface area (Å²) in [6, 6.07) is 17.5. The minimum absolute atomic E-state index is 0.0143. The molecular weight excluding hydrogens is 546 g/mol. The normalized spacial score (nSPS) is 14.2. The van der Waals surface area contributed by atoms with Crippen molar-refractivity contribution >= 4 is 58.5 Å². The molecule has 2 aromatic carbocycles. The van der Waals surface area contributed by atoms with Crippen LogP contribution < -0.4 is 15.0 Å². The lowest BCUT2D eigenvalue weighted by Gasteiger charge is -2.36. The van der Waals surface area contributed by atoms with E-state index in [1.54, 1.807) is 11.8 Å². The fourth-order valence-electron chi connectivity index (χ4n) is 4.58. The van der Waals surface area contributed by atoms with Crippen molar-refractivity contribution < 1.29 is 14.3 Å². The Labute approximate surface area is 245 Å². The molecule has 1 saturated heterocycles. The number of anilines is 1. The summed E-state index contributed by atoms with van der Waals surface area (Å²) in [5.41, 5.74) is 2.80. The first kappa shape index (κ1) is 29.7. The van der Waals surface area contributed by atoms with Crippen LogP contribution in [0.4, 0.5) is 5.69 Å². The molecule has 0 radical (unpaired) electrons. The van der Waals surface area contributed by atoms with Crippen LogP contribution in [0.25, 0.3) is 10.9 Å². The third-order valence-electron chi connectivity index (χ3n) is 6.77. The van der Waals surface area contributed by atoms with E-state index in [-0.39, 0.29) is 30.7 Å². The number of ether oxygens (including phenoxy) is 1. The van der Waals surface area contributed by atoms with Gasteiger partial charge in [-0.15, -0.1) is 0 Å². The minimum Gasteiger partial charge on any atom is -0.491 e. The number of halogens is 1. The number of fused-ring (bicyclic) bond motifs is 1. The number of aliphatic imine (C=N–C) groups is 1. The third-order valence-corrected chi connectivity index (χ3v) is 8.20. The number of aryl methyl sites for hydroxylation is 1. The van der Waals surface area contributed by atoms with Gasteiger partial charge in [0.15, 0.2) is 0 Å². The first-order valence-corrected chi connectivity index (χ1v) is 15.0. The van der Waals surface area contributed by atoms with Crippen molar-refractivity contribution in [2.45, 2.75) is 25.8 Å². The molecule has 212 valence electrons. The number of amides is 2. The summed E-state index contributed by atoms with van der Waals surface area (Å²) < 4.78 is 6.09. The molecule has 1 N–H and O–H groups in total. The largest absolute Gasteiger partial charge is 0.491 e. The van der Waals surface area contributed by atoms with Crippen molar-refractivity contribution in [1.82, 2.24) is 15.2 Å². The van der Waals surface area contributed by atoms with Crippen LogP contribution in [-0.4, -0.2) is 85.3 Å². The van der Waals surface area contributed by atoms with Crippen molar-refractivity contribution in [3.8, 4) is 5.75 Å². The van der Waals surface area contributed by atoms with E-state index in [1.165, 1.54) is 0 Å². The zero-order valence-corrected chi connectivity index (χ0v) is 24.4. The van der Waals surface area contributed by atoms with E-state index < -0.39 is 0 Å². The molecule has 0 saturated carbocycles. The van der Waals surface area contributed by atoms with Crippen LogP contribution in [0.15, 0.2) is 59.6 Å². The number of rotatable bonds is 13. The molecule has 1 aliphatic rings. The number of hydrogen-bond donors (Lipinski definition) is 1. The van der Waals surface area contributed by atoms with E-state index >= 15 is 0 Å². The minimum atomic E-state index is -0.106. The topological polar surface area (TPSA) is 87.1 Å². The molecule has 0 aliphatic carbocycles. The Bertz CT molecular complexity index is 1320. The molecule has 1 aliphatic heterocycles. The molecule has 0 spiro atoms. The molecular formula is C30H36ClN5O3S. The third kappa shape index (κ3) is 8.35. The average molecular weight is 582 g/mol. The van der Waals surface area contributed by atoms with Gasteiger partial charge in [-0.05, 0) is 37.9 Å². The molecule has 1 unspecified atom stereocenters. The number of aromatic nitrogens is 1. The maximum atomic E-state index is 12.6. The molecule has 40 heavy (non-hydrogen) atoms. The highest BCUT2D eigenvalue weighted by molar-refractivity contribution is 7.99. The average Bonchev–Trinajstić information content (AvgIpc) is 2.97. The van der Waals surface area contributed by atoms with Crippen LogP contribution in [0.5, 0.6) is 5.75 Å². The number of hydrogen-bond acceptors (Lipinski definition) is 7. The van der Waals surface area contributed by atoms with E-state index in [2.05, 4.69) is 26.9 Å². The van der Waals surface area contributed by atoms with Gasteiger partial charge in [0.25, 0.3) is 0 Å². The van der Waals surface area contributed by atoms with Crippen LogP contribution in [0.2, 0.25) is 5.02 Å². The molecule has 3 aromatic rings. The van der Waals surface area contributed by atoms with Gasteiger partial charge in [-0.1, -0.05) is 35.9 Å². The van der Waals surface area contributed by atoms with Gasteiger partial charge in [0.2, 0.25) is 11.8 Å². The number of carbonyl (C=O) groups is 2. The quantitative estimate of drug-likeness (QED) is 0.234. The lowest BCUT2D eigenvalue weighted by Crippen LogP contribution is -2.49.